The first-order chi connectivity index (χ1) is 11.8. The Balaban J connectivity index is 1.34. The Morgan fingerprint density at radius 3 is 2.88 bits per heavy atom. The van der Waals surface area contributed by atoms with Crippen LogP contribution in [-0.2, 0) is 17.6 Å². The Morgan fingerprint density at radius 1 is 1.00 bits per heavy atom. The maximum absolute atomic E-state index is 12.2. The first-order valence-corrected chi connectivity index (χ1v) is 8.17. The number of nitrogens with one attached hydrogen (secondary N) is 3. The third-order valence-corrected chi connectivity index (χ3v) is 4.37. The average molecular weight is 317 g/mol. The van der Waals surface area contributed by atoms with Crippen molar-refractivity contribution in [1.82, 2.24) is 15.3 Å². The number of hydrogen-bond donors (Lipinski definition) is 3. The summed E-state index contributed by atoms with van der Waals surface area (Å²) in [6, 6.07) is 16.3. The molecule has 120 valence electrons. The van der Waals surface area contributed by atoms with Crippen LogP contribution in [0.3, 0.4) is 0 Å². The van der Waals surface area contributed by atoms with Crippen molar-refractivity contribution in [3.63, 3.8) is 0 Å². The highest BCUT2D eigenvalue weighted by atomic mass is 16.1. The van der Waals surface area contributed by atoms with Gasteiger partial charge >= 0.3 is 0 Å². The van der Waals surface area contributed by atoms with Crippen molar-refractivity contribution in [1.29, 1.82) is 0 Å². The van der Waals surface area contributed by atoms with Gasteiger partial charge in [-0.05, 0) is 47.2 Å². The van der Waals surface area contributed by atoms with E-state index in [-0.39, 0.29) is 5.91 Å². The van der Waals surface area contributed by atoms with E-state index in [4.69, 9.17) is 0 Å². The zero-order valence-electron chi connectivity index (χ0n) is 13.3. The van der Waals surface area contributed by atoms with E-state index < -0.39 is 0 Å². The van der Waals surface area contributed by atoms with Crippen molar-refractivity contribution in [2.75, 3.05) is 6.54 Å². The molecule has 4 rings (SSSR count). The molecule has 0 saturated carbocycles. The summed E-state index contributed by atoms with van der Waals surface area (Å²) in [5.74, 6) is 0.0599. The van der Waals surface area contributed by atoms with E-state index in [0.717, 1.165) is 28.4 Å². The zero-order chi connectivity index (χ0) is 16.4. The van der Waals surface area contributed by atoms with Crippen LogP contribution in [0.25, 0.3) is 21.8 Å². The zero-order valence-corrected chi connectivity index (χ0v) is 13.3. The second-order valence-corrected chi connectivity index (χ2v) is 6.04. The first kappa shape index (κ1) is 14.6. The van der Waals surface area contributed by atoms with Crippen LogP contribution in [0.1, 0.15) is 11.1 Å². The second-order valence-electron chi connectivity index (χ2n) is 6.04. The van der Waals surface area contributed by atoms with Crippen LogP contribution < -0.4 is 5.32 Å². The van der Waals surface area contributed by atoms with Crippen molar-refractivity contribution in [3.05, 3.63) is 72.1 Å². The van der Waals surface area contributed by atoms with E-state index >= 15 is 0 Å². The summed E-state index contributed by atoms with van der Waals surface area (Å²) in [6.45, 7) is 0.646. The lowest BCUT2D eigenvalue weighted by Gasteiger charge is -2.05. The molecule has 0 saturated heterocycles. The Kier molecular flexibility index (Phi) is 3.79. The van der Waals surface area contributed by atoms with Crippen molar-refractivity contribution in [2.45, 2.75) is 12.8 Å². The molecule has 0 radical (unpaired) electrons. The summed E-state index contributed by atoms with van der Waals surface area (Å²) in [5, 5.41) is 5.38. The molecule has 2 heterocycles. The van der Waals surface area contributed by atoms with Crippen LogP contribution in [0.4, 0.5) is 0 Å². The molecular formula is C20H19N3O. The highest BCUT2D eigenvalue weighted by Crippen LogP contribution is 2.18. The third-order valence-electron chi connectivity index (χ3n) is 4.37. The Morgan fingerprint density at radius 2 is 1.92 bits per heavy atom. The molecule has 0 unspecified atom stereocenters. The minimum absolute atomic E-state index is 0.0599. The minimum atomic E-state index is 0.0599. The fraction of sp³-hybridized carbons (Fsp3) is 0.150. The minimum Gasteiger partial charge on any atom is -0.361 e. The molecule has 4 aromatic rings. The molecule has 0 aliphatic rings. The number of aromatic amines is 2. The van der Waals surface area contributed by atoms with E-state index in [9.17, 15) is 4.79 Å². The summed E-state index contributed by atoms with van der Waals surface area (Å²) < 4.78 is 0. The van der Waals surface area contributed by atoms with Crippen molar-refractivity contribution < 1.29 is 4.79 Å². The van der Waals surface area contributed by atoms with Crippen LogP contribution >= 0.6 is 0 Å². The van der Waals surface area contributed by atoms with Gasteiger partial charge in [-0.25, -0.2) is 0 Å². The molecule has 0 bridgehead atoms. The number of rotatable bonds is 5. The standard InChI is InChI=1S/C20H19N3O/c24-20(12-14-5-6-18-15(11-14)7-9-21-18)22-10-8-16-13-23-19-4-2-1-3-17(16)19/h1-7,9,11,13,21,23H,8,10,12H2,(H,22,24). The lowest BCUT2D eigenvalue weighted by Crippen LogP contribution is -2.27. The SMILES string of the molecule is O=C(Cc1ccc2[nH]ccc2c1)NCCc1c[nH]c2ccccc12. The monoisotopic (exact) mass is 317 g/mol. The lowest BCUT2D eigenvalue weighted by atomic mass is 10.1. The van der Waals surface area contributed by atoms with Gasteiger partial charge in [0.1, 0.15) is 0 Å². The number of aromatic nitrogens is 2. The van der Waals surface area contributed by atoms with Gasteiger partial charge in [0, 0.05) is 35.4 Å². The van der Waals surface area contributed by atoms with Gasteiger partial charge in [-0.1, -0.05) is 24.3 Å². The van der Waals surface area contributed by atoms with Crippen LogP contribution in [0.2, 0.25) is 0 Å². The number of amides is 1. The Bertz CT molecular complexity index is 996. The molecule has 0 aliphatic carbocycles. The van der Waals surface area contributed by atoms with Gasteiger partial charge in [0.2, 0.25) is 5.91 Å². The number of carbonyl (C=O) groups excluding carboxylic acids is 1. The highest BCUT2D eigenvalue weighted by molar-refractivity contribution is 5.84. The third kappa shape index (κ3) is 2.91. The molecule has 0 spiro atoms. The predicted molar refractivity (Wildman–Crippen MR) is 97.0 cm³/mol. The van der Waals surface area contributed by atoms with E-state index in [1.54, 1.807) is 0 Å². The Labute approximate surface area is 139 Å². The largest absolute Gasteiger partial charge is 0.361 e. The number of H-pyrrole nitrogens is 2. The summed E-state index contributed by atoms with van der Waals surface area (Å²) in [7, 11) is 0. The average Bonchev–Trinajstić information content (AvgIpc) is 3.21. The molecular weight excluding hydrogens is 298 g/mol. The summed E-state index contributed by atoms with van der Waals surface area (Å²) in [5.41, 5.74) is 4.50. The van der Waals surface area contributed by atoms with Crippen molar-refractivity contribution >= 4 is 27.7 Å². The molecule has 0 atom stereocenters. The van der Waals surface area contributed by atoms with E-state index in [1.165, 1.54) is 10.9 Å². The van der Waals surface area contributed by atoms with Gasteiger partial charge in [0.25, 0.3) is 0 Å². The van der Waals surface area contributed by atoms with Crippen molar-refractivity contribution in [2.24, 2.45) is 0 Å². The van der Waals surface area contributed by atoms with Crippen LogP contribution in [-0.4, -0.2) is 22.4 Å². The van der Waals surface area contributed by atoms with Gasteiger partial charge in [-0.3, -0.25) is 4.79 Å². The van der Waals surface area contributed by atoms with E-state index in [2.05, 4.69) is 33.5 Å². The molecule has 2 aromatic carbocycles. The Hall–Kier alpha value is -3.01. The molecule has 0 aliphatic heterocycles. The van der Waals surface area contributed by atoms with Gasteiger partial charge in [0.15, 0.2) is 0 Å². The molecule has 4 nitrogen and oxygen atoms in total. The van der Waals surface area contributed by atoms with Crippen LogP contribution in [0.5, 0.6) is 0 Å². The molecule has 1 amide bonds. The number of carbonyl (C=O) groups is 1. The van der Waals surface area contributed by atoms with Crippen LogP contribution in [0, 0.1) is 0 Å². The van der Waals surface area contributed by atoms with Gasteiger partial charge in [-0.15, -0.1) is 0 Å². The number of benzene rings is 2. The molecule has 4 heteroatoms. The number of hydrogen-bond acceptors (Lipinski definition) is 1. The summed E-state index contributed by atoms with van der Waals surface area (Å²) in [4.78, 5) is 18.6. The normalized spacial score (nSPS) is 11.2. The summed E-state index contributed by atoms with van der Waals surface area (Å²) in [6.07, 6.45) is 5.17. The maximum atomic E-state index is 12.2. The molecule has 2 aromatic heterocycles. The number of fused-ring (bicyclic) bond motifs is 2. The smallest absolute Gasteiger partial charge is 0.224 e. The van der Waals surface area contributed by atoms with E-state index in [1.807, 2.05) is 42.7 Å². The lowest BCUT2D eigenvalue weighted by molar-refractivity contribution is -0.120. The van der Waals surface area contributed by atoms with Gasteiger partial charge in [-0.2, -0.15) is 0 Å². The molecule has 24 heavy (non-hydrogen) atoms. The van der Waals surface area contributed by atoms with Crippen LogP contribution in [0.15, 0.2) is 60.9 Å². The van der Waals surface area contributed by atoms with Gasteiger partial charge in [0.05, 0.1) is 6.42 Å². The predicted octanol–water partition coefficient (Wildman–Crippen LogP) is 3.55. The fourth-order valence-corrected chi connectivity index (χ4v) is 3.14. The van der Waals surface area contributed by atoms with Gasteiger partial charge < -0.3 is 15.3 Å². The topological polar surface area (TPSA) is 60.7 Å². The summed E-state index contributed by atoms with van der Waals surface area (Å²) >= 11 is 0. The maximum Gasteiger partial charge on any atom is 0.224 e. The fourth-order valence-electron chi connectivity index (χ4n) is 3.14. The van der Waals surface area contributed by atoms with E-state index in [0.29, 0.717) is 13.0 Å². The van der Waals surface area contributed by atoms with Crippen molar-refractivity contribution in [3.8, 4) is 0 Å². The highest BCUT2D eigenvalue weighted by Gasteiger charge is 2.06. The first-order valence-electron chi connectivity index (χ1n) is 8.17. The molecule has 3 N–H and O–H groups in total. The quantitative estimate of drug-likeness (QED) is 0.518. The molecule has 0 fully saturated rings. The number of para-hydroxylation sites is 1. The second kappa shape index (κ2) is 6.24.